The summed E-state index contributed by atoms with van der Waals surface area (Å²) in [6.45, 7) is 0.229. The summed E-state index contributed by atoms with van der Waals surface area (Å²) in [5, 5.41) is 19.6. The molecule has 0 atom stereocenters. The number of benzene rings is 2. The van der Waals surface area contributed by atoms with Crippen LogP contribution in [0.3, 0.4) is 0 Å². The molecule has 0 aliphatic carbocycles. The van der Waals surface area contributed by atoms with E-state index >= 15 is 0 Å². The van der Waals surface area contributed by atoms with Gasteiger partial charge in [0, 0.05) is 12.1 Å². The first kappa shape index (κ1) is 13.8. The van der Waals surface area contributed by atoms with Crippen molar-refractivity contribution in [3.8, 4) is 11.8 Å². The summed E-state index contributed by atoms with van der Waals surface area (Å²) in [5.74, 6) is 0.361. The molecule has 0 aromatic heterocycles. The summed E-state index contributed by atoms with van der Waals surface area (Å²) >= 11 is 5.92. The highest BCUT2D eigenvalue weighted by molar-refractivity contribution is 6.32. The zero-order valence-corrected chi connectivity index (χ0v) is 11.0. The first-order valence-electron chi connectivity index (χ1n) is 5.66. The maximum absolute atomic E-state index is 10.6. The van der Waals surface area contributed by atoms with Gasteiger partial charge in [0.1, 0.15) is 12.4 Å². The molecular formula is C14H9ClN2O3. The predicted octanol–water partition coefficient (Wildman–Crippen LogP) is 3.70. The number of nitrogens with zero attached hydrogens (tertiary/aromatic N) is 2. The number of ether oxygens (including phenoxy) is 1. The molecule has 0 radical (unpaired) electrons. The molecule has 0 saturated carbocycles. The zero-order valence-electron chi connectivity index (χ0n) is 10.2. The van der Waals surface area contributed by atoms with Crippen LogP contribution in [0.4, 0.5) is 5.69 Å². The third-order valence-electron chi connectivity index (χ3n) is 2.58. The molecule has 0 aliphatic rings. The number of halogens is 1. The standard InChI is InChI=1S/C14H9ClN2O3/c15-13-7-12(17(18)19)4-5-14(13)20-9-11-3-1-2-10(6-11)8-16/h1-7H,9H2. The van der Waals surface area contributed by atoms with Crippen LogP contribution in [0.2, 0.25) is 5.02 Å². The lowest BCUT2D eigenvalue weighted by Crippen LogP contribution is -1.97. The molecule has 0 fully saturated rings. The van der Waals surface area contributed by atoms with Crippen molar-refractivity contribution in [3.05, 3.63) is 68.7 Å². The van der Waals surface area contributed by atoms with Crippen molar-refractivity contribution in [2.24, 2.45) is 0 Å². The van der Waals surface area contributed by atoms with Crippen LogP contribution < -0.4 is 4.74 Å². The van der Waals surface area contributed by atoms with Crippen molar-refractivity contribution >= 4 is 17.3 Å². The fraction of sp³-hybridized carbons (Fsp3) is 0.0714. The van der Waals surface area contributed by atoms with Crippen LogP contribution in [0.5, 0.6) is 5.75 Å². The Morgan fingerprint density at radius 3 is 2.75 bits per heavy atom. The van der Waals surface area contributed by atoms with E-state index in [4.69, 9.17) is 21.6 Å². The van der Waals surface area contributed by atoms with Gasteiger partial charge in [-0.1, -0.05) is 23.7 Å². The van der Waals surface area contributed by atoms with E-state index in [-0.39, 0.29) is 17.3 Å². The minimum absolute atomic E-state index is 0.0890. The smallest absolute Gasteiger partial charge is 0.271 e. The molecule has 0 aliphatic heterocycles. The van der Waals surface area contributed by atoms with E-state index in [1.165, 1.54) is 18.2 Å². The molecule has 0 heterocycles. The Labute approximate surface area is 120 Å². The molecule has 2 aromatic carbocycles. The molecule has 0 N–H and O–H groups in total. The van der Waals surface area contributed by atoms with E-state index < -0.39 is 4.92 Å². The van der Waals surface area contributed by atoms with Gasteiger partial charge in [0.05, 0.1) is 21.6 Å². The Bertz CT molecular complexity index is 695. The first-order chi connectivity index (χ1) is 9.60. The Morgan fingerprint density at radius 2 is 2.10 bits per heavy atom. The normalized spacial score (nSPS) is 9.80. The van der Waals surface area contributed by atoms with Gasteiger partial charge in [-0.25, -0.2) is 0 Å². The lowest BCUT2D eigenvalue weighted by molar-refractivity contribution is -0.384. The van der Waals surface area contributed by atoms with Crippen molar-refractivity contribution in [1.29, 1.82) is 5.26 Å². The minimum atomic E-state index is -0.522. The molecular weight excluding hydrogens is 280 g/mol. The molecule has 0 saturated heterocycles. The topological polar surface area (TPSA) is 76.2 Å². The molecule has 0 spiro atoms. The highest BCUT2D eigenvalue weighted by Gasteiger charge is 2.10. The molecule has 6 heteroatoms. The van der Waals surface area contributed by atoms with Gasteiger partial charge >= 0.3 is 0 Å². The number of non-ortho nitro benzene ring substituents is 1. The lowest BCUT2D eigenvalue weighted by atomic mass is 10.1. The molecule has 0 bridgehead atoms. The Hall–Kier alpha value is -2.58. The van der Waals surface area contributed by atoms with Gasteiger partial charge in [-0.3, -0.25) is 10.1 Å². The van der Waals surface area contributed by atoms with Crippen molar-refractivity contribution in [2.75, 3.05) is 0 Å². The summed E-state index contributed by atoms with van der Waals surface area (Å²) in [7, 11) is 0. The van der Waals surface area contributed by atoms with Crippen molar-refractivity contribution in [3.63, 3.8) is 0 Å². The molecule has 0 unspecified atom stereocenters. The van der Waals surface area contributed by atoms with Gasteiger partial charge in [0.25, 0.3) is 5.69 Å². The van der Waals surface area contributed by atoms with E-state index in [1.54, 1.807) is 18.2 Å². The minimum Gasteiger partial charge on any atom is -0.487 e. The Kier molecular flexibility index (Phi) is 4.18. The van der Waals surface area contributed by atoms with Crippen LogP contribution in [0, 0.1) is 21.4 Å². The number of hydrogen-bond donors (Lipinski definition) is 0. The Balaban J connectivity index is 2.11. The summed E-state index contributed by atoms with van der Waals surface area (Å²) in [5.41, 5.74) is 1.27. The van der Waals surface area contributed by atoms with Crippen molar-refractivity contribution < 1.29 is 9.66 Å². The van der Waals surface area contributed by atoms with Gasteiger partial charge < -0.3 is 4.74 Å². The third kappa shape index (κ3) is 3.25. The molecule has 100 valence electrons. The van der Waals surface area contributed by atoms with Gasteiger partial charge in [-0.2, -0.15) is 5.26 Å². The van der Waals surface area contributed by atoms with Crippen LogP contribution >= 0.6 is 11.6 Å². The average molecular weight is 289 g/mol. The number of rotatable bonds is 4. The zero-order chi connectivity index (χ0) is 14.5. The fourth-order valence-electron chi connectivity index (χ4n) is 1.61. The van der Waals surface area contributed by atoms with Crippen LogP contribution in [-0.2, 0) is 6.61 Å². The number of nitro groups is 1. The summed E-state index contributed by atoms with van der Waals surface area (Å²) in [6, 6.07) is 13.0. The maximum atomic E-state index is 10.6. The summed E-state index contributed by atoms with van der Waals surface area (Å²) in [4.78, 5) is 10.1. The first-order valence-corrected chi connectivity index (χ1v) is 6.04. The molecule has 20 heavy (non-hydrogen) atoms. The van der Waals surface area contributed by atoms with Crippen molar-refractivity contribution in [1.82, 2.24) is 0 Å². The monoisotopic (exact) mass is 288 g/mol. The van der Waals surface area contributed by atoms with E-state index in [2.05, 4.69) is 0 Å². The second-order valence-electron chi connectivity index (χ2n) is 3.97. The number of nitro benzene ring substituents is 1. The largest absolute Gasteiger partial charge is 0.487 e. The van der Waals surface area contributed by atoms with E-state index in [1.807, 2.05) is 12.1 Å². The van der Waals surface area contributed by atoms with Crippen LogP contribution in [0.25, 0.3) is 0 Å². The quantitative estimate of drug-likeness (QED) is 0.635. The van der Waals surface area contributed by atoms with E-state index in [0.29, 0.717) is 11.3 Å². The van der Waals surface area contributed by atoms with E-state index in [0.717, 1.165) is 5.56 Å². The molecule has 2 aromatic rings. The van der Waals surface area contributed by atoms with Gasteiger partial charge in [0.15, 0.2) is 0 Å². The fourth-order valence-corrected chi connectivity index (χ4v) is 1.84. The van der Waals surface area contributed by atoms with Crippen LogP contribution in [0.15, 0.2) is 42.5 Å². The van der Waals surface area contributed by atoms with E-state index in [9.17, 15) is 10.1 Å². The van der Waals surface area contributed by atoms with Gasteiger partial charge in [-0.05, 0) is 23.8 Å². The molecule has 0 amide bonds. The second kappa shape index (κ2) is 6.04. The summed E-state index contributed by atoms with van der Waals surface area (Å²) < 4.78 is 5.49. The second-order valence-corrected chi connectivity index (χ2v) is 4.38. The van der Waals surface area contributed by atoms with Crippen LogP contribution in [0.1, 0.15) is 11.1 Å². The maximum Gasteiger partial charge on any atom is 0.271 e. The average Bonchev–Trinajstić information content (AvgIpc) is 2.46. The molecule has 5 nitrogen and oxygen atoms in total. The number of nitriles is 1. The SMILES string of the molecule is N#Cc1cccc(COc2ccc([N+](=O)[O-])cc2Cl)c1. The third-order valence-corrected chi connectivity index (χ3v) is 2.87. The van der Waals surface area contributed by atoms with Crippen LogP contribution in [-0.4, -0.2) is 4.92 Å². The lowest BCUT2D eigenvalue weighted by Gasteiger charge is -2.08. The molecule has 2 rings (SSSR count). The predicted molar refractivity (Wildman–Crippen MR) is 73.6 cm³/mol. The summed E-state index contributed by atoms with van der Waals surface area (Å²) in [6.07, 6.45) is 0. The van der Waals surface area contributed by atoms with Crippen molar-refractivity contribution in [2.45, 2.75) is 6.61 Å². The van der Waals surface area contributed by atoms with Gasteiger partial charge in [-0.15, -0.1) is 0 Å². The number of hydrogen-bond acceptors (Lipinski definition) is 4. The van der Waals surface area contributed by atoms with Gasteiger partial charge in [0.2, 0.25) is 0 Å². The highest BCUT2D eigenvalue weighted by Crippen LogP contribution is 2.29. The Morgan fingerprint density at radius 1 is 1.30 bits per heavy atom. The highest BCUT2D eigenvalue weighted by atomic mass is 35.5.